The maximum atomic E-state index is 11.8. The summed E-state index contributed by atoms with van der Waals surface area (Å²) in [6.45, 7) is 2.21. The SMILES string of the molecule is CCCC(C(=O)O)c1cc(Cl)c(COC2(c3cnccc3-c3ccccc3OC3CC3)CC2)cc1Cl. The van der Waals surface area contributed by atoms with Gasteiger partial charge in [-0.05, 0) is 73.1 Å². The lowest BCUT2D eigenvalue weighted by Crippen LogP contribution is -2.15. The predicted molar refractivity (Wildman–Crippen MR) is 141 cm³/mol. The van der Waals surface area contributed by atoms with Crippen LogP contribution < -0.4 is 4.74 Å². The molecule has 1 N–H and O–H groups in total. The van der Waals surface area contributed by atoms with Crippen LogP contribution in [0.3, 0.4) is 0 Å². The van der Waals surface area contributed by atoms with Crippen LogP contribution in [0.5, 0.6) is 5.75 Å². The number of benzene rings is 2. The zero-order valence-corrected chi connectivity index (χ0v) is 21.7. The van der Waals surface area contributed by atoms with E-state index in [-0.39, 0.29) is 6.61 Å². The molecule has 0 amide bonds. The molecule has 36 heavy (non-hydrogen) atoms. The third-order valence-electron chi connectivity index (χ3n) is 6.93. The molecule has 1 heterocycles. The molecule has 3 aromatic rings. The van der Waals surface area contributed by atoms with E-state index in [2.05, 4.69) is 11.1 Å². The van der Waals surface area contributed by atoms with Gasteiger partial charge in [-0.3, -0.25) is 9.78 Å². The molecule has 1 aromatic heterocycles. The summed E-state index contributed by atoms with van der Waals surface area (Å²) in [4.78, 5) is 16.2. The topological polar surface area (TPSA) is 68.7 Å². The van der Waals surface area contributed by atoms with Crippen LogP contribution in [-0.4, -0.2) is 22.2 Å². The number of ether oxygens (including phenoxy) is 2. The molecular weight excluding hydrogens is 497 g/mol. The van der Waals surface area contributed by atoms with E-state index in [4.69, 9.17) is 32.7 Å². The number of carbonyl (C=O) groups is 1. The molecule has 7 heteroatoms. The van der Waals surface area contributed by atoms with Gasteiger partial charge in [0.15, 0.2) is 0 Å². The van der Waals surface area contributed by atoms with Crippen LogP contribution in [0.25, 0.3) is 11.1 Å². The molecule has 0 radical (unpaired) electrons. The minimum absolute atomic E-state index is 0.263. The summed E-state index contributed by atoms with van der Waals surface area (Å²) in [7, 11) is 0. The predicted octanol–water partition coefficient (Wildman–Crippen LogP) is 7.77. The Morgan fingerprint density at radius 3 is 2.61 bits per heavy atom. The molecular formula is C29H29Cl2NO4. The van der Waals surface area contributed by atoms with Crippen molar-refractivity contribution in [3.8, 4) is 16.9 Å². The van der Waals surface area contributed by atoms with Crippen molar-refractivity contribution >= 4 is 29.2 Å². The molecule has 2 saturated carbocycles. The lowest BCUT2D eigenvalue weighted by molar-refractivity contribution is -0.139. The second-order valence-corrected chi connectivity index (χ2v) is 10.5. The largest absolute Gasteiger partial charge is 0.490 e. The van der Waals surface area contributed by atoms with Gasteiger partial charge >= 0.3 is 5.97 Å². The molecule has 0 bridgehead atoms. The number of carboxylic acid groups (broad SMARTS) is 1. The van der Waals surface area contributed by atoms with E-state index in [0.717, 1.165) is 60.1 Å². The maximum Gasteiger partial charge on any atom is 0.311 e. The van der Waals surface area contributed by atoms with E-state index < -0.39 is 17.5 Å². The van der Waals surface area contributed by atoms with Gasteiger partial charge in [0.2, 0.25) is 0 Å². The van der Waals surface area contributed by atoms with Crippen LogP contribution in [0, 0.1) is 0 Å². The molecule has 5 rings (SSSR count). The Kier molecular flexibility index (Phi) is 7.25. The fraction of sp³-hybridized carbons (Fsp3) is 0.379. The van der Waals surface area contributed by atoms with E-state index in [1.807, 2.05) is 37.4 Å². The van der Waals surface area contributed by atoms with Gasteiger partial charge in [-0.2, -0.15) is 0 Å². The van der Waals surface area contributed by atoms with Gasteiger partial charge < -0.3 is 14.6 Å². The molecule has 0 aliphatic heterocycles. The second kappa shape index (κ2) is 10.4. The fourth-order valence-corrected chi connectivity index (χ4v) is 5.20. The summed E-state index contributed by atoms with van der Waals surface area (Å²) in [5, 5.41) is 10.5. The Hall–Kier alpha value is -2.60. The minimum Gasteiger partial charge on any atom is -0.490 e. The summed E-state index contributed by atoms with van der Waals surface area (Å²) < 4.78 is 12.7. The van der Waals surface area contributed by atoms with Crippen molar-refractivity contribution in [2.75, 3.05) is 0 Å². The van der Waals surface area contributed by atoms with Crippen molar-refractivity contribution in [1.82, 2.24) is 4.98 Å². The average Bonchev–Trinajstić information content (AvgIpc) is 3.80. The van der Waals surface area contributed by atoms with Crippen molar-refractivity contribution in [2.24, 2.45) is 0 Å². The van der Waals surface area contributed by atoms with Crippen LogP contribution >= 0.6 is 23.2 Å². The van der Waals surface area contributed by atoms with Crippen LogP contribution in [0.4, 0.5) is 0 Å². The number of aliphatic carboxylic acids is 1. The summed E-state index contributed by atoms with van der Waals surface area (Å²) in [5.41, 5.74) is 3.95. The molecule has 2 aliphatic carbocycles. The first-order valence-corrected chi connectivity index (χ1v) is 13.2. The molecule has 0 spiro atoms. The highest BCUT2D eigenvalue weighted by Crippen LogP contribution is 2.53. The van der Waals surface area contributed by atoms with Gasteiger partial charge in [-0.1, -0.05) is 54.7 Å². The van der Waals surface area contributed by atoms with Crippen molar-refractivity contribution < 1.29 is 19.4 Å². The highest BCUT2D eigenvalue weighted by atomic mass is 35.5. The maximum absolute atomic E-state index is 11.8. The smallest absolute Gasteiger partial charge is 0.311 e. The van der Waals surface area contributed by atoms with Crippen molar-refractivity contribution in [3.63, 3.8) is 0 Å². The van der Waals surface area contributed by atoms with Crippen LogP contribution in [0.15, 0.2) is 54.9 Å². The zero-order valence-electron chi connectivity index (χ0n) is 20.2. The van der Waals surface area contributed by atoms with Gasteiger partial charge in [-0.15, -0.1) is 0 Å². The molecule has 2 aliphatic rings. The van der Waals surface area contributed by atoms with Gasteiger partial charge in [0.25, 0.3) is 0 Å². The summed E-state index contributed by atoms with van der Waals surface area (Å²) in [6, 6.07) is 13.6. The highest BCUT2D eigenvalue weighted by molar-refractivity contribution is 6.34. The number of hydrogen-bond acceptors (Lipinski definition) is 4. The quantitative estimate of drug-likeness (QED) is 0.276. The van der Waals surface area contributed by atoms with Crippen LogP contribution in [0.1, 0.15) is 68.1 Å². The molecule has 188 valence electrons. The number of hydrogen-bond donors (Lipinski definition) is 1. The standard InChI is InChI=1S/C29H29Cl2NO4/c1-2-5-22(28(33)34)23-15-25(30)18(14-26(23)31)17-35-29(11-12-29)24-16-32-13-10-20(24)21-6-3-4-7-27(21)36-19-8-9-19/h3-4,6-7,10,13-16,19,22H,2,5,8-9,11-12,17H2,1H3,(H,33,34). The van der Waals surface area contributed by atoms with E-state index >= 15 is 0 Å². The Balaban J connectivity index is 1.40. The number of halogens is 2. The molecule has 0 saturated heterocycles. The number of rotatable bonds is 11. The first kappa shape index (κ1) is 25.1. The van der Waals surface area contributed by atoms with E-state index in [1.165, 1.54) is 0 Å². The monoisotopic (exact) mass is 525 g/mol. The summed E-state index contributed by atoms with van der Waals surface area (Å²) in [6.07, 6.45) is 9.16. The van der Waals surface area contributed by atoms with Crippen LogP contribution in [-0.2, 0) is 21.7 Å². The number of aromatic nitrogens is 1. The number of nitrogens with zero attached hydrogens (tertiary/aromatic N) is 1. The van der Waals surface area contributed by atoms with Crippen molar-refractivity contribution in [3.05, 3.63) is 81.6 Å². The van der Waals surface area contributed by atoms with Crippen molar-refractivity contribution in [2.45, 2.75) is 69.7 Å². The summed E-state index contributed by atoms with van der Waals surface area (Å²) in [5.74, 6) is -0.694. The summed E-state index contributed by atoms with van der Waals surface area (Å²) >= 11 is 13.1. The van der Waals surface area contributed by atoms with Gasteiger partial charge in [0.1, 0.15) is 5.75 Å². The fourth-order valence-electron chi connectivity index (χ4n) is 4.65. The van der Waals surface area contributed by atoms with Crippen LogP contribution in [0.2, 0.25) is 10.0 Å². The normalized spacial score (nSPS) is 17.0. The Labute approximate surface area is 221 Å². The molecule has 1 atom stereocenters. The lowest BCUT2D eigenvalue weighted by Gasteiger charge is -2.22. The lowest BCUT2D eigenvalue weighted by atomic mass is 9.93. The van der Waals surface area contributed by atoms with Gasteiger partial charge in [0, 0.05) is 33.6 Å². The van der Waals surface area contributed by atoms with Crippen molar-refractivity contribution in [1.29, 1.82) is 0 Å². The first-order chi connectivity index (χ1) is 17.4. The third kappa shape index (κ3) is 5.24. The molecule has 2 fully saturated rings. The third-order valence-corrected chi connectivity index (χ3v) is 7.61. The second-order valence-electron chi connectivity index (χ2n) is 9.66. The zero-order chi connectivity index (χ0) is 25.3. The first-order valence-electron chi connectivity index (χ1n) is 12.5. The molecule has 1 unspecified atom stereocenters. The van der Waals surface area contributed by atoms with E-state index in [0.29, 0.717) is 28.1 Å². The Morgan fingerprint density at radius 2 is 1.92 bits per heavy atom. The Morgan fingerprint density at radius 1 is 1.14 bits per heavy atom. The van der Waals surface area contributed by atoms with E-state index in [9.17, 15) is 9.90 Å². The Bertz CT molecular complexity index is 1270. The molecule has 5 nitrogen and oxygen atoms in total. The number of carboxylic acids is 1. The van der Waals surface area contributed by atoms with Gasteiger partial charge in [-0.25, -0.2) is 0 Å². The number of para-hydroxylation sites is 1. The van der Waals surface area contributed by atoms with Gasteiger partial charge in [0.05, 0.1) is 24.2 Å². The number of pyridine rings is 1. The molecule has 2 aromatic carbocycles. The average molecular weight is 526 g/mol. The van der Waals surface area contributed by atoms with E-state index in [1.54, 1.807) is 18.3 Å². The minimum atomic E-state index is -0.897. The highest BCUT2D eigenvalue weighted by Gasteiger charge is 2.48.